The molecule has 0 aromatic carbocycles. The summed E-state index contributed by atoms with van der Waals surface area (Å²) in [7, 11) is 2.34. The van der Waals surface area contributed by atoms with Crippen molar-refractivity contribution in [3.63, 3.8) is 0 Å². The van der Waals surface area contributed by atoms with Crippen LogP contribution in [0.25, 0.3) is 0 Å². The van der Waals surface area contributed by atoms with E-state index in [4.69, 9.17) is 0 Å². The summed E-state index contributed by atoms with van der Waals surface area (Å²) >= 11 is 0. The van der Waals surface area contributed by atoms with E-state index >= 15 is 0 Å². The molecule has 0 aliphatic heterocycles. The predicted octanol–water partition coefficient (Wildman–Crippen LogP) is 3.28. The van der Waals surface area contributed by atoms with Gasteiger partial charge < -0.3 is 10.2 Å². The number of nitrogens with one attached hydrogen (secondary N) is 1. The van der Waals surface area contributed by atoms with Gasteiger partial charge in [0, 0.05) is 12.1 Å². The molecular formula is C15H32N2. The smallest absolute Gasteiger partial charge is 0.0105 e. The van der Waals surface area contributed by atoms with Crippen LogP contribution < -0.4 is 5.32 Å². The van der Waals surface area contributed by atoms with Crippen molar-refractivity contribution in [2.45, 2.75) is 71.4 Å². The second-order valence-electron chi connectivity index (χ2n) is 5.84. The van der Waals surface area contributed by atoms with Crippen molar-refractivity contribution in [2.75, 3.05) is 20.1 Å². The van der Waals surface area contributed by atoms with Gasteiger partial charge in [-0.2, -0.15) is 0 Å². The van der Waals surface area contributed by atoms with Crippen LogP contribution >= 0.6 is 0 Å². The fourth-order valence-corrected chi connectivity index (χ4v) is 2.94. The van der Waals surface area contributed by atoms with Crippen LogP contribution in [-0.4, -0.2) is 37.1 Å². The third-order valence-corrected chi connectivity index (χ3v) is 4.58. The molecule has 0 bridgehead atoms. The van der Waals surface area contributed by atoms with Gasteiger partial charge in [-0.3, -0.25) is 0 Å². The molecule has 2 heteroatoms. The van der Waals surface area contributed by atoms with Gasteiger partial charge >= 0.3 is 0 Å². The van der Waals surface area contributed by atoms with E-state index < -0.39 is 0 Å². The molecule has 0 amide bonds. The molecule has 2 unspecified atom stereocenters. The van der Waals surface area contributed by atoms with Crippen LogP contribution in [0.1, 0.15) is 59.3 Å². The van der Waals surface area contributed by atoms with Gasteiger partial charge in [0.1, 0.15) is 0 Å². The standard InChI is InChI=1S/C15H32N2/c1-5-16-12-13(2)14(3)17(4)15-10-8-6-7-9-11-15/h13-16H,5-12H2,1-4H3. The van der Waals surface area contributed by atoms with E-state index in [1.807, 2.05) is 0 Å². The third kappa shape index (κ3) is 4.97. The summed E-state index contributed by atoms with van der Waals surface area (Å²) in [6.07, 6.45) is 8.59. The molecule has 0 radical (unpaired) electrons. The van der Waals surface area contributed by atoms with E-state index in [-0.39, 0.29) is 0 Å². The fourth-order valence-electron chi connectivity index (χ4n) is 2.94. The lowest BCUT2D eigenvalue weighted by Gasteiger charge is -2.36. The first-order valence-electron chi connectivity index (χ1n) is 7.59. The molecule has 0 saturated heterocycles. The molecule has 2 nitrogen and oxygen atoms in total. The lowest BCUT2D eigenvalue weighted by atomic mass is 9.98. The van der Waals surface area contributed by atoms with Crippen LogP contribution in [-0.2, 0) is 0 Å². The van der Waals surface area contributed by atoms with Crippen LogP contribution in [0.3, 0.4) is 0 Å². The second kappa shape index (κ2) is 8.10. The van der Waals surface area contributed by atoms with Crippen molar-refractivity contribution in [1.29, 1.82) is 0 Å². The SMILES string of the molecule is CCNCC(C)C(C)N(C)C1CCCCCC1. The van der Waals surface area contributed by atoms with E-state index in [1.54, 1.807) is 0 Å². The van der Waals surface area contributed by atoms with Gasteiger partial charge in [0.05, 0.1) is 0 Å². The van der Waals surface area contributed by atoms with Gasteiger partial charge in [-0.1, -0.05) is 39.5 Å². The summed E-state index contributed by atoms with van der Waals surface area (Å²) in [6, 6.07) is 1.52. The molecule has 0 heterocycles. The largest absolute Gasteiger partial charge is 0.317 e. The average molecular weight is 240 g/mol. The molecule has 2 atom stereocenters. The number of hydrogen-bond acceptors (Lipinski definition) is 2. The summed E-state index contributed by atoms with van der Waals surface area (Å²) in [5, 5.41) is 3.47. The minimum absolute atomic E-state index is 0.692. The Morgan fingerprint density at radius 3 is 2.24 bits per heavy atom. The second-order valence-corrected chi connectivity index (χ2v) is 5.84. The molecule has 1 fully saturated rings. The normalized spacial score (nSPS) is 22.4. The van der Waals surface area contributed by atoms with Crippen LogP contribution in [0, 0.1) is 5.92 Å². The number of rotatable bonds is 6. The van der Waals surface area contributed by atoms with E-state index in [9.17, 15) is 0 Å². The quantitative estimate of drug-likeness (QED) is 0.717. The van der Waals surface area contributed by atoms with E-state index in [2.05, 4.69) is 38.0 Å². The van der Waals surface area contributed by atoms with Crippen molar-refractivity contribution in [3.05, 3.63) is 0 Å². The Bertz CT molecular complexity index is 185. The summed E-state index contributed by atoms with van der Waals surface area (Å²) in [5.41, 5.74) is 0. The summed E-state index contributed by atoms with van der Waals surface area (Å²) in [5.74, 6) is 0.739. The van der Waals surface area contributed by atoms with Gasteiger partial charge in [0.25, 0.3) is 0 Å². The molecule has 1 aliphatic carbocycles. The average Bonchev–Trinajstić information content (AvgIpc) is 2.62. The zero-order valence-electron chi connectivity index (χ0n) is 12.3. The molecule has 102 valence electrons. The van der Waals surface area contributed by atoms with E-state index in [1.165, 1.54) is 38.5 Å². The highest BCUT2D eigenvalue weighted by Gasteiger charge is 2.24. The first-order valence-corrected chi connectivity index (χ1v) is 7.59. The van der Waals surface area contributed by atoms with Gasteiger partial charge in [-0.05, 0) is 45.8 Å². The topological polar surface area (TPSA) is 15.3 Å². The molecule has 1 rings (SSSR count). The number of hydrogen-bond donors (Lipinski definition) is 1. The highest BCUT2D eigenvalue weighted by Crippen LogP contribution is 2.24. The van der Waals surface area contributed by atoms with Gasteiger partial charge in [0.2, 0.25) is 0 Å². The summed E-state index contributed by atoms with van der Waals surface area (Å²) in [6.45, 7) is 9.19. The molecule has 1 saturated carbocycles. The van der Waals surface area contributed by atoms with Crippen LogP contribution in [0.4, 0.5) is 0 Å². The summed E-state index contributed by atoms with van der Waals surface area (Å²) < 4.78 is 0. The van der Waals surface area contributed by atoms with Crippen LogP contribution in [0.15, 0.2) is 0 Å². The maximum Gasteiger partial charge on any atom is 0.0105 e. The highest BCUT2D eigenvalue weighted by molar-refractivity contribution is 4.79. The molecule has 17 heavy (non-hydrogen) atoms. The van der Waals surface area contributed by atoms with Crippen LogP contribution in [0.2, 0.25) is 0 Å². The van der Waals surface area contributed by atoms with Crippen molar-refractivity contribution in [1.82, 2.24) is 10.2 Å². The van der Waals surface area contributed by atoms with Crippen LogP contribution in [0.5, 0.6) is 0 Å². The Morgan fingerprint density at radius 1 is 1.12 bits per heavy atom. The first-order chi connectivity index (χ1) is 8.16. The fraction of sp³-hybridized carbons (Fsp3) is 1.00. The maximum atomic E-state index is 3.47. The van der Waals surface area contributed by atoms with E-state index in [0.29, 0.717) is 6.04 Å². The minimum Gasteiger partial charge on any atom is -0.317 e. The lowest BCUT2D eigenvalue weighted by molar-refractivity contribution is 0.129. The van der Waals surface area contributed by atoms with E-state index in [0.717, 1.165) is 25.0 Å². The van der Waals surface area contributed by atoms with Crippen molar-refractivity contribution >= 4 is 0 Å². The molecule has 1 aliphatic rings. The van der Waals surface area contributed by atoms with Gasteiger partial charge in [0.15, 0.2) is 0 Å². The molecule has 0 spiro atoms. The van der Waals surface area contributed by atoms with Gasteiger partial charge in [-0.25, -0.2) is 0 Å². The Morgan fingerprint density at radius 2 is 1.71 bits per heavy atom. The Kier molecular flexibility index (Phi) is 7.14. The first kappa shape index (κ1) is 15.0. The Hall–Kier alpha value is -0.0800. The molecule has 0 aromatic rings. The maximum absolute atomic E-state index is 3.47. The predicted molar refractivity (Wildman–Crippen MR) is 76.4 cm³/mol. The zero-order chi connectivity index (χ0) is 12.7. The summed E-state index contributed by atoms with van der Waals surface area (Å²) in [4.78, 5) is 2.65. The lowest BCUT2D eigenvalue weighted by Crippen LogP contribution is -2.44. The monoisotopic (exact) mass is 240 g/mol. The van der Waals surface area contributed by atoms with Crippen molar-refractivity contribution < 1.29 is 0 Å². The van der Waals surface area contributed by atoms with Gasteiger partial charge in [-0.15, -0.1) is 0 Å². The molecular weight excluding hydrogens is 208 g/mol. The third-order valence-electron chi connectivity index (χ3n) is 4.58. The highest BCUT2D eigenvalue weighted by atomic mass is 15.2. The minimum atomic E-state index is 0.692. The molecule has 0 aromatic heterocycles. The molecule has 1 N–H and O–H groups in total. The van der Waals surface area contributed by atoms with Crippen molar-refractivity contribution in [3.8, 4) is 0 Å². The Labute approximate surface area is 108 Å². The Balaban J connectivity index is 2.40. The number of nitrogens with zero attached hydrogens (tertiary/aromatic N) is 1. The van der Waals surface area contributed by atoms with Crippen molar-refractivity contribution in [2.24, 2.45) is 5.92 Å². The zero-order valence-corrected chi connectivity index (χ0v) is 12.3.